The van der Waals surface area contributed by atoms with Crippen LogP contribution in [-0.2, 0) is 9.59 Å². The van der Waals surface area contributed by atoms with E-state index in [0.717, 1.165) is 12.1 Å². The summed E-state index contributed by atoms with van der Waals surface area (Å²) in [5, 5.41) is 4.50. The van der Waals surface area contributed by atoms with Crippen molar-refractivity contribution in [2.75, 3.05) is 11.9 Å². The summed E-state index contributed by atoms with van der Waals surface area (Å²) >= 11 is 11.1. The molecule has 0 radical (unpaired) electrons. The highest BCUT2D eigenvalue weighted by molar-refractivity contribution is 7.80. The molecule has 7 nitrogen and oxygen atoms in total. The Morgan fingerprint density at radius 3 is 2.37 bits per heavy atom. The zero-order chi connectivity index (χ0) is 21.8. The van der Waals surface area contributed by atoms with E-state index < -0.39 is 29.6 Å². The predicted molar refractivity (Wildman–Crippen MR) is 114 cm³/mol. The fourth-order valence-corrected chi connectivity index (χ4v) is 3.46. The molecule has 0 aromatic heterocycles. The van der Waals surface area contributed by atoms with E-state index in [1.54, 1.807) is 31.2 Å². The van der Waals surface area contributed by atoms with Crippen LogP contribution in [0.1, 0.15) is 23.7 Å². The summed E-state index contributed by atoms with van der Waals surface area (Å²) in [7, 11) is 0. The van der Waals surface area contributed by atoms with Crippen molar-refractivity contribution in [2.45, 2.75) is 19.4 Å². The van der Waals surface area contributed by atoms with Gasteiger partial charge in [-0.3, -0.25) is 24.7 Å². The molecule has 1 fully saturated rings. The Balaban J connectivity index is 1.75. The lowest BCUT2D eigenvalue weighted by molar-refractivity contribution is -0.130. The van der Waals surface area contributed by atoms with E-state index >= 15 is 0 Å². The first-order valence-corrected chi connectivity index (χ1v) is 9.85. The summed E-state index contributed by atoms with van der Waals surface area (Å²) in [5.74, 6) is -1.89. The zero-order valence-electron chi connectivity index (χ0n) is 15.9. The number of carbonyl (C=O) groups is 3. The topological polar surface area (TPSA) is 81.8 Å². The highest BCUT2D eigenvalue weighted by atomic mass is 35.5. The lowest BCUT2D eigenvalue weighted by Crippen LogP contribution is -2.49. The summed E-state index contributed by atoms with van der Waals surface area (Å²) < 4.78 is 13.1. The summed E-state index contributed by atoms with van der Waals surface area (Å²) in [5.41, 5.74) is 3.26. The normalized spacial score (nSPS) is 16.0. The molecule has 1 aliphatic heterocycles. The molecule has 3 amide bonds. The van der Waals surface area contributed by atoms with E-state index in [0.29, 0.717) is 10.7 Å². The first kappa shape index (κ1) is 21.7. The predicted octanol–water partition coefficient (Wildman–Crippen LogP) is 2.97. The Labute approximate surface area is 182 Å². The van der Waals surface area contributed by atoms with E-state index in [4.69, 9.17) is 23.8 Å². The summed E-state index contributed by atoms with van der Waals surface area (Å²) in [6, 6.07) is 10.4. The third kappa shape index (κ3) is 4.74. The average molecular weight is 449 g/mol. The van der Waals surface area contributed by atoms with Crippen molar-refractivity contribution in [3.8, 4) is 0 Å². The quantitative estimate of drug-likeness (QED) is 0.664. The molecule has 10 heteroatoms. The highest BCUT2D eigenvalue weighted by Crippen LogP contribution is 2.20. The number of rotatable bonds is 6. The van der Waals surface area contributed by atoms with Crippen LogP contribution in [0.4, 0.5) is 10.1 Å². The van der Waals surface area contributed by atoms with Gasteiger partial charge in [0.1, 0.15) is 11.9 Å². The maximum absolute atomic E-state index is 13.1. The minimum atomic E-state index is -1.01. The molecule has 156 valence electrons. The fraction of sp³-hybridized carbons (Fsp3) is 0.200. The van der Waals surface area contributed by atoms with Gasteiger partial charge in [0.25, 0.3) is 11.8 Å². The van der Waals surface area contributed by atoms with Gasteiger partial charge in [-0.1, -0.05) is 11.6 Å². The average Bonchev–Trinajstić information content (AvgIpc) is 2.93. The molecule has 30 heavy (non-hydrogen) atoms. The molecule has 2 aromatic carbocycles. The number of carbonyl (C=O) groups excluding carboxylic acids is 3. The summed E-state index contributed by atoms with van der Waals surface area (Å²) in [6.45, 7) is 2.02. The van der Waals surface area contributed by atoms with Crippen LogP contribution >= 0.6 is 23.8 Å². The van der Waals surface area contributed by atoms with Crippen molar-refractivity contribution < 1.29 is 18.8 Å². The largest absolute Gasteiger partial charge is 0.326 e. The van der Waals surface area contributed by atoms with Crippen LogP contribution < -0.4 is 10.7 Å². The minimum Gasteiger partial charge on any atom is -0.326 e. The number of likely N-dealkylation sites (N-methyl/N-ethyl adjacent to an activating group) is 1. The summed E-state index contributed by atoms with van der Waals surface area (Å²) in [4.78, 5) is 39.1. The number of hydrogen-bond acceptors (Lipinski definition) is 4. The first-order chi connectivity index (χ1) is 14.3. The lowest BCUT2D eigenvalue weighted by Gasteiger charge is -2.24. The second kappa shape index (κ2) is 9.19. The number of anilines is 1. The zero-order valence-corrected chi connectivity index (χ0v) is 17.5. The van der Waals surface area contributed by atoms with Gasteiger partial charge in [-0.25, -0.2) is 9.40 Å². The molecular formula is C20H18ClFN4O3S. The fourth-order valence-electron chi connectivity index (χ4n) is 2.94. The van der Waals surface area contributed by atoms with Gasteiger partial charge in [-0.05, 0) is 67.7 Å². The Hall–Kier alpha value is -3.04. The Kier molecular flexibility index (Phi) is 6.63. The first-order valence-electron chi connectivity index (χ1n) is 9.06. The standard InChI is InChI=1S/C20H18ClFN4O3S/c1-2-25-19(29)16(11-17(27)23-15-9-5-13(21)6-10-15)26(20(25)30)24-18(28)12-3-7-14(22)8-4-12/h3-10,16H,2,11H2,1H3,(H,23,27)(H,24,28). The number of nitrogens with zero attached hydrogens (tertiary/aromatic N) is 2. The van der Waals surface area contributed by atoms with Gasteiger partial charge in [0.15, 0.2) is 5.11 Å². The molecule has 0 saturated carbocycles. The number of benzene rings is 2. The number of hydrazine groups is 1. The van der Waals surface area contributed by atoms with Gasteiger partial charge in [0, 0.05) is 22.8 Å². The third-order valence-electron chi connectivity index (χ3n) is 4.45. The smallest absolute Gasteiger partial charge is 0.269 e. The van der Waals surface area contributed by atoms with Crippen LogP contribution in [0.2, 0.25) is 5.02 Å². The number of amides is 3. The molecular weight excluding hydrogens is 431 g/mol. The van der Waals surface area contributed by atoms with Crippen LogP contribution in [0.3, 0.4) is 0 Å². The second-order valence-electron chi connectivity index (χ2n) is 6.46. The van der Waals surface area contributed by atoms with Crippen molar-refractivity contribution in [3.05, 3.63) is 64.9 Å². The van der Waals surface area contributed by atoms with E-state index in [1.807, 2.05) is 0 Å². The molecule has 1 saturated heterocycles. The second-order valence-corrected chi connectivity index (χ2v) is 7.26. The molecule has 1 aliphatic rings. The maximum atomic E-state index is 13.1. The Bertz CT molecular complexity index is 985. The van der Waals surface area contributed by atoms with Crippen molar-refractivity contribution in [3.63, 3.8) is 0 Å². The number of hydrogen-bond donors (Lipinski definition) is 2. The third-order valence-corrected chi connectivity index (χ3v) is 5.12. The van der Waals surface area contributed by atoms with Crippen LogP contribution in [-0.4, -0.2) is 45.3 Å². The SMILES string of the molecule is CCN1C(=O)C(CC(=O)Nc2ccc(Cl)cc2)N(NC(=O)c2ccc(F)cc2)C1=S. The molecule has 0 bridgehead atoms. The van der Waals surface area contributed by atoms with E-state index in [2.05, 4.69) is 10.7 Å². The van der Waals surface area contributed by atoms with Crippen LogP contribution in [0, 0.1) is 5.82 Å². The van der Waals surface area contributed by atoms with E-state index in [-0.39, 0.29) is 23.6 Å². The molecule has 2 N–H and O–H groups in total. The van der Waals surface area contributed by atoms with E-state index in [9.17, 15) is 18.8 Å². The molecule has 1 heterocycles. The molecule has 3 rings (SSSR count). The van der Waals surface area contributed by atoms with Crippen LogP contribution in [0.25, 0.3) is 0 Å². The van der Waals surface area contributed by atoms with Gasteiger partial charge < -0.3 is 5.32 Å². The van der Waals surface area contributed by atoms with Gasteiger partial charge in [0.05, 0.1) is 6.42 Å². The number of nitrogens with one attached hydrogen (secondary N) is 2. The van der Waals surface area contributed by atoms with Crippen molar-refractivity contribution in [1.82, 2.24) is 15.3 Å². The Morgan fingerprint density at radius 1 is 1.13 bits per heavy atom. The van der Waals surface area contributed by atoms with Crippen molar-refractivity contribution >= 4 is 52.3 Å². The van der Waals surface area contributed by atoms with Gasteiger partial charge in [0.2, 0.25) is 5.91 Å². The molecule has 1 unspecified atom stereocenters. The van der Waals surface area contributed by atoms with E-state index in [1.165, 1.54) is 22.0 Å². The highest BCUT2D eigenvalue weighted by Gasteiger charge is 2.43. The maximum Gasteiger partial charge on any atom is 0.269 e. The lowest BCUT2D eigenvalue weighted by atomic mass is 10.1. The monoisotopic (exact) mass is 448 g/mol. The van der Waals surface area contributed by atoms with Crippen LogP contribution in [0.15, 0.2) is 48.5 Å². The van der Waals surface area contributed by atoms with Gasteiger partial charge in [-0.15, -0.1) is 0 Å². The summed E-state index contributed by atoms with van der Waals surface area (Å²) in [6.07, 6.45) is -0.234. The van der Waals surface area contributed by atoms with Crippen LogP contribution in [0.5, 0.6) is 0 Å². The van der Waals surface area contributed by atoms with Gasteiger partial charge in [-0.2, -0.15) is 0 Å². The number of thiocarbonyl (C=S) groups is 1. The van der Waals surface area contributed by atoms with Gasteiger partial charge >= 0.3 is 0 Å². The minimum absolute atomic E-state index is 0.0854. The van der Waals surface area contributed by atoms with Crippen molar-refractivity contribution in [1.29, 1.82) is 0 Å². The Morgan fingerprint density at radius 2 is 1.77 bits per heavy atom. The molecule has 0 aliphatic carbocycles. The molecule has 1 atom stereocenters. The van der Waals surface area contributed by atoms with Crippen molar-refractivity contribution in [2.24, 2.45) is 0 Å². The number of halogens is 2. The molecule has 0 spiro atoms. The molecule has 2 aromatic rings.